The van der Waals surface area contributed by atoms with E-state index in [2.05, 4.69) is 10.3 Å². The Morgan fingerprint density at radius 3 is 2.35 bits per heavy atom. The number of rotatable bonds is 3. The highest BCUT2D eigenvalue weighted by molar-refractivity contribution is 7.90. The van der Waals surface area contributed by atoms with Crippen LogP contribution in [0.5, 0.6) is 0 Å². The second kappa shape index (κ2) is 6.10. The SMILES string of the molecule is CS(=O)(=O)c1cnc(C#N)cc1C(=O)Nc1cc(F)cc(F)c1. The van der Waals surface area contributed by atoms with Gasteiger partial charge in [0.1, 0.15) is 23.4 Å². The molecule has 6 nitrogen and oxygen atoms in total. The number of nitrogens with zero attached hydrogens (tertiary/aromatic N) is 2. The molecule has 0 atom stereocenters. The minimum Gasteiger partial charge on any atom is -0.322 e. The van der Waals surface area contributed by atoms with Crippen molar-refractivity contribution in [3.8, 4) is 6.07 Å². The maximum absolute atomic E-state index is 13.1. The summed E-state index contributed by atoms with van der Waals surface area (Å²) in [7, 11) is -3.79. The lowest BCUT2D eigenvalue weighted by molar-refractivity contribution is 0.102. The van der Waals surface area contributed by atoms with E-state index in [4.69, 9.17) is 5.26 Å². The minimum absolute atomic E-state index is 0.173. The monoisotopic (exact) mass is 337 g/mol. The summed E-state index contributed by atoms with van der Waals surface area (Å²) in [5, 5.41) is 11.0. The van der Waals surface area contributed by atoms with Crippen molar-refractivity contribution in [1.29, 1.82) is 5.26 Å². The summed E-state index contributed by atoms with van der Waals surface area (Å²) < 4.78 is 49.6. The first-order valence-electron chi connectivity index (χ1n) is 6.08. The molecule has 2 rings (SSSR count). The van der Waals surface area contributed by atoms with Crippen LogP contribution >= 0.6 is 0 Å². The number of nitrogens with one attached hydrogen (secondary N) is 1. The highest BCUT2D eigenvalue weighted by Crippen LogP contribution is 2.19. The average Bonchev–Trinajstić information content (AvgIpc) is 2.44. The number of benzene rings is 1. The molecule has 118 valence electrons. The summed E-state index contributed by atoms with van der Waals surface area (Å²) in [6.07, 6.45) is 1.75. The number of carbonyl (C=O) groups is 1. The summed E-state index contributed by atoms with van der Waals surface area (Å²) in [5.74, 6) is -2.75. The summed E-state index contributed by atoms with van der Waals surface area (Å²) >= 11 is 0. The van der Waals surface area contributed by atoms with Gasteiger partial charge in [-0.2, -0.15) is 5.26 Å². The van der Waals surface area contributed by atoms with Crippen molar-refractivity contribution in [3.63, 3.8) is 0 Å². The molecule has 0 aliphatic rings. The molecule has 23 heavy (non-hydrogen) atoms. The van der Waals surface area contributed by atoms with Crippen LogP contribution in [0, 0.1) is 23.0 Å². The predicted molar refractivity (Wildman–Crippen MR) is 76.4 cm³/mol. The second-order valence-corrected chi connectivity index (χ2v) is 6.55. The first-order valence-corrected chi connectivity index (χ1v) is 7.97. The molecule has 0 saturated carbocycles. The Bertz CT molecular complexity index is 917. The van der Waals surface area contributed by atoms with Crippen LogP contribution in [-0.2, 0) is 9.84 Å². The lowest BCUT2D eigenvalue weighted by Crippen LogP contribution is -2.17. The summed E-state index contributed by atoms with van der Waals surface area (Å²) in [6, 6.07) is 5.02. The van der Waals surface area contributed by atoms with Gasteiger partial charge in [-0.05, 0) is 18.2 Å². The van der Waals surface area contributed by atoms with Crippen LogP contribution < -0.4 is 5.32 Å². The summed E-state index contributed by atoms with van der Waals surface area (Å²) in [5.41, 5.74) is -0.709. The van der Waals surface area contributed by atoms with Gasteiger partial charge in [0, 0.05) is 24.2 Å². The first-order chi connectivity index (χ1) is 10.7. The van der Waals surface area contributed by atoms with Gasteiger partial charge in [-0.25, -0.2) is 22.2 Å². The number of nitriles is 1. The maximum atomic E-state index is 13.1. The zero-order valence-electron chi connectivity index (χ0n) is 11.7. The smallest absolute Gasteiger partial charge is 0.257 e. The van der Waals surface area contributed by atoms with Crippen LogP contribution in [0.3, 0.4) is 0 Å². The molecule has 1 aromatic heterocycles. The third-order valence-electron chi connectivity index (χ3n) is 2.75. The number of pyridine rings is 1. The molecule has 0 unspecified atom stereocenters. The van der Waals surface area contributed by atoms with Crippen LogP contribution in [0.25, 0.3) is 0 Å². The fourth-order valence-corrected chi connectivity index (χ4v) is 2.60. The quantitative estimate of drug-likeness (QED) is 0.922. The van der Waals surface area contributed by atoms with E-state index in [-0.39, 0.29) is 16.9 Å². The number of hydrogen-bond donors (Lipinski definition) is 1. The molecule has 0 bridgehead atoms. The van der Waals surface area contributed by atoms with Crippen molar-refractivity contribution in [2.75, 3.05) is 11.6 Å². The van der Waals surface area contributed by atoms with Crippen LogP contribution in [0.15, 0.2) is 35.4 Å². The van der Waals surface area contributed by atoms with Gasteiger partial charge in [-0.15, -0.1) is 0 Å². The van der Waals surface area contributed by atoms with E-state index in [0.29, 0.717) is 6.07 Å². The summed E-state index contributed by atoms with van der Waals surface area (Å²) in [4.78, 5) is 15.4. The van der Waals surface area contributed by atoms with Crippen molar-refractivity contribution in [2.45, 2.75) is 4.90 Å². The molecule has 9 heteroatoms. The van der Waals surface area contributed by atoms with Gasteiger partial charge in [0.05, 0.1) is 10.5 Å². The lowest BCUT2D eigenvalue weighted by Gasteiger charge is -2.09. The number of hydrogen-bond acceptors (Lipinski definition) is 5. The normalized spacial score (nSPS) is 10.9. The Kier molecular flexibility index (Phi) is 4.38. The molecular weight excluding hydrogens is 328 g/mol. The topological polar surface area (TPSA) is 99.9 Å². The van der Waals surface area contributed by atoms with E-state index < -0.39 is 32.3 Å². The fourth-order valence-electron chi connectivity index (χ4n) is 1.80. The summed E-state index contributed by atoms with van der Waals surface area (Å²) in [6.45, 7) is 0. The van der Waals surface area contributed by atoms with Gasteiger partial charge in [0.25, 0.3) is 5.91 Å². The Balaban J connectivity index is 2.48. The molecule has 0 fully saturated rings. The third-order valence-corrected chi connectivity index (χ3v) is 3.87. The van der Waals surface area contributed by atoms with Crippen molar-refractivity contribution in [2.24, 2.45) is 0 Å². The van der Waals surface area contributed by atoms with E-state index in [0.717, 1.165) is 30.7 Å². The van der Waals surface area contributed by atoms with Crippen LogP contribution in [0.4, 0.5) is 14.5 Å². The van der Waals surface area contributed by atoms with Gasteiger partial charge in [0.15, 0.2) is 9.84 Å². The van der Waals surface area contributed by atoms with Crippen molar-refractivity contribution in [1.82, 2.24) is 4.98 Å². The maximum Gasteiger partial charge on any atom is 0.257 e. The van der Waals surface area contributed by atoms with E-state index in [1.807, 2.05) is 0 Å². The molecule has 0 aliphatic carbocycles. The molecule has 0 radical (unpaired) electrons. The number of aromatic nitrogens is 1. The molecule has 0 spiro atoms. The molecule has 1 aromatic carbocycles. The Labute approximate surface area is 130 Å². The predicted octanol–water partition coefficient (Wildman–Crippen LogP) is 1.89. The van der Waals surface area contributed by atoms with Crippen molar-refractivity contribution in [3.05, 3.63) is 53.4 Å². The van der Waals surface area contributed by atoms with Crippen LogP contribution in [0.1, 0.15) is 16.1 Å². The van der Waals surface area contributed by atoms with Gasteiger partial charge >= 0.3 is 0 Å². The van der Waals surface area contributed by atoms with E-state index in [9.17, 15) is 22.0 Å². The standard InChI is InChI=1S/C14H9F2N3O3S/c1-23(21,22)13-7-18-11(6-17)5-12(13)14(20)19-10-3-8(15)2-9(16)4-10/h2-5,7H,1H3,(H,19,20). The fraction of sp³-hybridized carbons (Fsp3) is 0.0714. The molecular formula is C14H9F2N3O3S. The van der Waals surface area contributed by atoms with Gasteiger partial charge in [-0.1, -0.05) is 0 Å². The molecule has 2 aromatic rings. The number of anilines is 1. The Morgan fingerprint density at radius 2 is 1.83 bits per heavy atom. The highest BCUT2D eigenvalue weighted by Gasteiger charge is 2.21. The van der Waals surface area contributed by atoms with Crippen molar-refractivity contribution >= 4 is 21.4 Å². The van der Waals surface area contributed by atoms with Crippen molar-refractivity contribution < 1.29 is 22.0 Å². The van der Waals surface area contributed by atoms with Crippen LogP contribution in [-0.4, -0.2) is 25.6 Å². The number of amides is 1. The van der Waals surface area contributed by atoms with E-state index >= 15 is 0 Å². The Morgan fingerprint density at radius 1 is 1.22 bits per heavy atom. The van der Waals surface area contributed by atoms with E-state index in [1.54, 1.807) is 6.07 Å². The molecule has 1 N–H and O–H groups in total. The zero-order chi connectivity index (χ0) is 17.2. The number of halogens is 2. The van der Waals surface area contributed by atoms with E-state index in [1.165, 1.54) is 0 Å². The van der Waals surface area contributed by atoms with Gasteiger partial charge in [0.2, 0.25) is 0 Å². The first kappa shape index (κ1) is 16.5. The van der Waals surface area contributed by atoms with Gasteiger partial charge < -0.3 is 5.32 Å². The van der Waals surface area contributed by atoms with Crippen LogP contribution in [0.2, 0.25) is 0 Å². The highest BCUT2D eigenvalue weighted by atomic mass is 32.2. The number of sulfone groups is 1. The second-order valence-electron chi connectivity index (χ2n) is 4.56. The molecule has 1 heterocycles. The third kappa shape index (κ3) is 3.87. The number of carbonyl (C=O) groups excluding carboxylic acids is 1. The minimum atomic E-state index is -3.79. The molecule has 0 saturated heterocycles. The molecule has 0 aliphatic heterocycles. The zero-order valence-corrected chi connectivity index (χ0v) is 12.5. The Hall–Kier alpha value is -2.86. The van der Waals surface area contributed by atoms with Gasteiger partial charge in [-0.3, -0.25) is 4.79 Å². The largest absolute Gasteiger partial charge is 0.322 e. The lowest BCUT2D eigenvalue weighted by atomic mass is 10.2. The molecule has 1 amide bonds. The average molecular weight is 337 g/mol.